The fraction of sp³-hybridized carbons (Fsp3) is 0.654. The molecule has 1 heterocycles. The molecule has 0 unspecified atom stereocenters. The Morgan fingerprint density at radius 1 is 0.969 bits per heavy atom. The molecule has 6 nitrogen and oxygen atoms in total. The lowest BCUT2D eigenvalue weighted by Gasteiger charge is -2.36. The van der Waals surface area contributed by atoms with E-state index in [9.17, 15) is 14.4 Å². The lowest BCUT2D eigenvalue weighted by Crippen LogP contribution is -2.55. The predicted molar refractivity (Wildman–Crippen MR) is 126 cm³/mol. The minimum absolute atomic E-state index is 0.0260. The largest absolute Gasteiger partial charge is 0.351 e. The maximum absolute atomic E-state index is 13.1. The van der Waals surface area contributed by atoms with Crippen LogP contribution in [0.3, 0.4) is 0 Å². The molecule has 0 radical (unpaired) electrons. The molecule has 2 N–H and O–H groups in total. The molecule has 3 atom stereocenters. The van der Waals surface area contributed by atoms with Crippen LogP contribution in [0, 0.1) is 12.8 Å². The van der Waals surface area contributed by atoms with Crippen LogP contribution in [0.1, 0.15) is 87.1 Å². The van der Waals surface area contributed by atoms with Gasteiger partial charge in [-0.3, -0.25) is 14.4 Å². The van der Waals surface area contributed by atoms with Crippen LogP contribution in [0.25, 0.3) is 0 Å². The molecule has 1 aliphatic carbocycles. The number of carbonyl (C=O) groups excluding carboxylic acids is 3. The van der Waals surface area contributed by atoms with E-state index in [1.54, 1.807) is 0 Å². The third-order valence-electron chi connectivity index (χ3n) is 6.94. The molecule has 3 amide bonds. The quantitative estimate of drug-likeness (QED) is 0.599. The molecule has 2 fully saturated rings. The summed E-state index contributed by atoms with van der Waals surface area (Å²) >= 11 is 0. The number of hydrogen-bond acceptors (Lipinski definition) is 3. The van der Waals surface area contributed by atoms with Gasteiger partial charge in [-0.25, -0.2) is 0 Å². The summed E-state index contributed by atoms with van der Waals surface area (Å²) in [6, 6.07) is 7.47. The van der Waals surface area contributed by atoms with E-state index in [-0.39, 0.29) is 35.7 Å². The molecule has 3 rings (SSSR count). The van der Waals surface area contributed by atoms with Crippen molar-refractivity contribution in [1.82, 2.24) is 15.5 Å². The van der Waals surface area contributed by atoms with Crippen molar-refractivity contribution in [1.29, 1.82) is 0 Å². The Kier molecular flexibility index (Phi) is 9.12. The van der Waals surface area contributed by atoms with Gasteiger partial charge >= 0.3 is 0 Å². The minimum Gasteiger partial charge on any atom is -0.351 e. The van der Waals surface area contributed by atoms with Crippen LogP contribution in [0.2, 0.25) is 0 Å². The van der Waals surface area contributed by atoms with Gasteiger partial charge in [-0.15, -0.1) is 0 Å². The van der Waals surface area contributed by atoms with Crippen LogP contribution in [0.15, 0.2) is 24.3 Å². The number of nitrogens with one attached hydrogen (secondary N) is 2. The van der Waals surface area contributed by atoms with Crippen LogP contribution in [-0.4, -0.2) is 47.8 Å². The van der Waals surface area contributed by atoms with Crippen LogP contribution in [0.4, 0.5) is 0 Å². The van der Waals surface area contributed by atoms with E-state index in [0.29, 0.717) is 18.5 Å². The SMILES string of the molecule is CCCCCC(=O)N1CCC[C@H](C(=O)N[C@@H]2CCCC[C@H]2NC(=O)c2ccccc2C)C1. The second-order valence-corrected chi connectivity index (χ2v) is 9.43. The third-order valence-corrected chi connectivity index (χ3v) is 6.94. The normalized spacial score (nSPS) is 23.4. The van der Waals surface area contributed by atoms with Crippen molar-refractivity contribution >= 4 is 17.7 Å². The number of amides is 3. The Hall–Kier alpha value is -2.37. The molecule has 0 bridgehead atoms. The van der Waals surface area contributed by atoms with Gasteiger partial charge < -0.3 is 15.5 Å². The topological polar surface area (TPSA) is 78.5 Å². The lowest BCUT2D eigenvalue weighted by atomic mass is 9.88. The summed E-state index contributed by atoms with van der Waals surface area (Å²) in [7, 11) is 0. The van der Waals surface area contributed by atoms with E-state index in [2.05, 4.69) is 17.6 Å². The first-order valence-corrected chi connectivity index (χ1v) is 12.4. The van der Waals surface area contributed by atoms with Crippen LogP contribution in [-0.2, 0) is 9.59 Å². The smallest absolute Gasteiger partial charge is 0.251 e. The molecule has 0 spiro atoms. The molecule has 1 aromatic carbocycles. The number of rotatable bonds is 8. The first kappa shape index (κ1) is 24.3. The summed E-state index contributed by atoms with van der Waals surface area (Å²) in [6.45, 7) is 5.35. The Bertz CT molecular complexity index is 794. The van der Waals surface area contributed by atoms with Crippen molar-refractivity contribution in [3.63, 3.8) is 0 Å². The molecule has 1 aliphatic heterocycles. The highest BCUT2D eigenvalue weighted by molar-refractivity contribution is 5.95. The standard InChI is InChI=1S/C26H39N3O3/c1-3-4-5-16-24(30)29-17-10-12-20(18-29)25(31)27-22-14-8-9-15-23(22)28-26(32)21-13-7-6-11-19(21)2/h6-7,11,13,20,22-23H,3-5,8-10,12,14-18H2,1-2H3,(H,27,31)(H,28,32)/t20-,22+,23+/m0/s1. The molecular formula is C26H39N3O3. The van der Waals surface area contributed by atoms with Crippen molar-refractivity contribution in [2.45, 2.75) is 90.1 Å². The number of benzene rings is 1. The van der Waals surface area contributed by atoms with Gasteiger partial charge in [-0.2, -0.15) is 0 Å². The van der Waals surface area contributed by atoms with Gasteiger partial charge in [0.05, 0.1) is 5.92 Å². The molecule has 1 saturated heterocycles. The van der Waals surface area contributed by atoms with E-state index >= 15 is 0 Å². The monoisotopic (exact) mass is 441 g/mol. The summed E-state index contributed by atoms with van der Waals surface area (Å²) in [5.74, 6) is -0.0284. The molecule has 0 aromatic heterocycles. The summed E-state index contributed by atoms with van der Waals surface area (Å²) in [5.41, 5.74) is 1.64. The molecule has 2 aliphatic rings. The van der Waals surface area contributed by atoms with Crippen molar-refractivity contribution in [3.8, 4) is 0 Å². The zero-order valence-electron chi connectivity index (χ0n) is 19.7. The third kappa shape index (κ3) is 6.57. The van der Waals surface area contributed by atoms with Gasteiger partial charge in [0, 0.05) is 37.2 Å². The Morgan fingerprint density at radius 3 is 2.41 bits per heavy atom. The van der Waals surface area contributed by atoms with Gasteiger partial charge in [0.25, 0.3) is 5.91 Å². The van der Waals surface area contributed by atoms with Gasteiger partial charge in [-0.05, 0) is 50.7 Å². The first-order valence-electron chi connectivity index (χ1n) is 12.4. The van der Waals surface area contributed by atoms with E-state index in [1.807, 2.05) is 36.1 Å². The molecular weight excluding hydrogens is 402 g/mol. The van der Waals surface area contributed by atoms with Gasteiger partial charge in [0.1, 0.15) is 0 Å². The van der Waals surface area contributed by atoms with E-state index in [1.165, 1.54) is 0 Å². The van der Waals surface area contributed by atoms with Crippen LogP contribution < -0.4 is 10.6 Å². The molecule has 32 heavy (non-hydrogen) atoms. The molecule has 176 valence electrons. The zero-order chi connectivity index (χ0) is 22.9. The molecule has 1 aromatic rings. The number of hydrogen-bond donors (Lipinski definition) is 2. The number of carbonyl (C=O) groups is 3. The predicted octanol–water partition coefficient (Wildman–Crippen LogP) is 3.97. The summed E-state index contributed by atoms with van der Waals surface area (Å²) in [4.78, 5) is 40.3. The fourth-order valence-corrected chi connectivity index (χ4v) is 4.95. The number of likely N-dealkylation sites (tertiary alicyclic amines) is 1. The fourth-order valence-electron chi connectivity index (χ4n) is 4.95. The zero-order valence-corrected chi connectivity index (χ0v) is 19.7. The highest BCUT2D eigenvalue weighted by Gasteiger charge is 2.33. The summed E-state index contributed by atoms with van der Waals surface area (Å²) in [5, 5.41) is 6.40. The van der Waals surface area contributed by atoms with E-state index in [0.717, 1.165) is 69.9 Å². The summed E-state index contributed by atoms with van der Waals surface area (Å²) < 4.78 is 0. The summed E-state index contributed by atoms with van der Waals surface area (Å²) in [6.07, 6.45) is 9.20. The van der Waals surface area contributed by atoms with Gasteiger partial charge in [0.15, 0.2) is 0 Å². The van der Waals surface area contributed by atoms with Crippen molar-refractivity contribution in [2.75, 3.05) is 13.1 Å². The van der Waals surface area contributed by atoms with Crippen molar-refractivity contribution in [3.05, 3.63) is 35.4 Å². The van der Waals surface area contributed by atoms with Crippen LogP contribution in [0.5, 0.6) is 0 Å². The molecule has 1 saturated carbocycles. The van der Waals surface area contributed by atoms with Crippen molar-refractivity contribution < 1.29 is 14.4 Å². The molecule has 6 heteroatoms. The van der Waals surface area contributed by atoms with Crippen LogP contribution >= 0.6 is 0 Å². The minimum atomic E-state index is -0.159. The van der Waals surface area contributed by atoms with E-state index in [4.69, 9.17) is 0 Å². The second kappa shape index (κ2) is 12.0. The maximum atomic E-state index is 13.1. The highest BCUT2D eigenvalue weighted by Crippen LogP contribution is 2.22. The van der Waals surface area contributed by atoms with E-state index < -0.39 is 0 Å². The van der Waals surface area contributed by atoms with Crippen molar-refractivity contribution in [2.24, 2.45) is 5.92 Å². The van der Waals surface area contributed by atoms with Gasteiger partial charge in [-0.1, -0.05) is 50.8 Å². The average molecular weight is 442 g/mol. The number of nitrogens with zero attached hydrogens (tertiary/aromatic N) is 1. The Labute approximate surface area is 192 Å². The first-order chi connectivity index (χ1) is 15.5. The Morgan fingerprint density at radius 2 is 1.69 bits per heavy atom. The number of unbranched alkanes of at least 4 members (excludes halogenated alkanes) is 2. The number of aryl methyl sites for hydroxylation is 1. The Balaban J connectivity index is 1.55. The maximum Gasteiger partial charge on any atom is 0.251 e. The lowest BCUT2D eigenvalue weighted by molar-refractivity contribution is -0.136. The highest BCUT2D eigenvalue weighted by atomic mass is 16.2. The van der Waals surface area contributed by atoms with Gasteiger partial charge in [0.2, 0.25) is 11.8 Å². The number of piperidine rings is 1. The average Bonchev–Trinajstić information content (AvgIpc) is 2.80. The second-order valence-electron chi connectivity index (χ2n) is 9.43.